The van der Waals surface area contributed by atoms with Crippen molar-refractivity contribution in [2.24, 2.45) is 5.73 Å². The average molecular weight is 198 g/mol. The Hall–Kier alpha value is -1.00. The maximum atomic E-state index is 9.43. The number of aliphatic hydroxyl groups excluding tert-OH is 1. The number of aliphatic hydroxyl groups is 1. The van der Waals surface area contributed by atoms with E-state index in [1.54, 1.807) is 6.07 Å². The maximum Gasteiger partial charge on any atom is 0.195 e. The Morgan fingerprint density at radius 2 is 2.07 bits per heavy atom. The van der Waals surface area contributed by atoms with Gasteiger partial charge in [-0.05, 0) is 19.9 Å². The van der Waals surface area contributed by atoms with E-state index in [2.05, 4.69) is 18.7 Å². The molecule has 0 fully saturated rings. The van der Waals surface area contributed by atoms with Crippen LogP contribution >= 0.6 is 0 Å². The van der Waals surface area contributed by atoms with Crippen molar-refractivity contribution in [2.75, 3.05) is 24.5 Å². The van der Waals surface area contributed by atoms with Crippen LogP contribution in [0.5, 0.6) is 0 Å². The van der Waals surface area contributed by atoms with Crippen molar-refractivity contribution >= 4 is 5.88 Å². The Morgan fingerprint density at radius 1 is 1.43 bits per heavy atom. The lowest BCUT2D eigenvalue weighted by molar-refractivity contribution is 0.158. The zero-order chi connectivity index (χ0) is 10.6. The normalized spacial score (nSPS) is 12.9. The minimum Gasteiger partial charge on any atom is -0.443 e. The van der Waals surface area contributed by atoms with Crippen molar-refractivity contribution in [3.8, 4) is 0 Å². The molecule has 0 radical (unpaired) electrons. The molecule has 0 aliphatic rings. The number of hydrogen-bond donors (Lipinski definition) is 2. The lowest BCUT2D eigenvalue weighted by Gasteiger charge is -2.17. The summed E-state index contributed by atoms with van der Waals surface area (Å²) in [5.74, 6) is 1.33. The van der Waals surface area contributed by atoms with Crippen LogP contribution in [-0.2, 0) is 0 Å². The zero-order valence-electron chi connectivity index (χ0n) is 8.73. The van der Waals surface area contributed by atoms with Crippen molar-refractivity contribution in [3.63, 3.8) is 0 Å². The molecule has 14 heavy (non-hydrogen) atoms. The molecule has 3 N–H and O–H groups in total. The molecule has 4 nitrogen and oxygen atoms in total. The maximum absolute atomic E-state index is 9.43. The van der Waals surface area contributed by atoms with Crippen LogP contribution in [0.3, 0.4) is 0 Å². The van der Waals surface area contributed by atoms with Gasteiger partial charge in [-0.25, -0.2) is 0 Å². The fourth-order valence-electron chi connectivity index (χ4n) is 1.34. The molecule has 0 saturated carbocycles. The number of anilines is 1. The third-order valence-corrected chi connectivity index (χ3v) is 2.24. The van der Waals surface area contributed by atoms with Gasteiger partial charge in [0.1, 0.15) is 11.9 Å². The molecule has 4 heteroatoms. The summed E-state index contributed by atoms with van der Waals surface area (Å²) < 4.78 is 5.48. The first-order valence-corrected chi connectivity index (χ1v) is 4.95. The van der Waals surface area contributed by atoms with E-state index in [9.17, 15) is 5.11 Å². The van der Waals surface area contributed by atoms with Crippen molar-refractivity contribution in [2.45, 2.75) is 20.0 Å². The van der Waals surface area contributed by atoms with E-state index in [4.69, 9.17) is 10.2 Å². The number of nitrogens with two attached hydrogens (primary N) is 1. The first-order chi connectivity index (χ1) is 6.72. The highest BCUT2D eigenvalue weighted by molar-refractivity contribution is 5.36. The van der Waals surface area contributed by atoms with Crippen molar-refractivity contribution < 1.29 is 9.52 Å². The summed E-state index contributed by atoms with van der Waals surface area (Å²) in [4.78, 5) is 2.08. The second-order valence-corrected chi connectivity index (χ2v) is 3.10. The van der Waals surface area contributed by atoms with Gasteiger partial charge in [-0.15, -0.1) is 0 Å². The van der Waals surface area contributed by atoms with Gasteiger partial charge in [0.05, 0.1) is 0 Å². The Labute approximate surface area is 84.3 Å². The van der Waals surface area contributed by atoms with E-state index < -0.39 is 6.10 Å². The first kappa shape index (κ1) is 11.1. The number of hydrogen-bond acceptors (Lipinski definition) is 4. The van der Waals surface area contributed by atoms with E-state index in [-0.39, 0.29) is 6.54 Å². The van der Waals surface area contributed by atoms with Crippen LogP contribution in [0, 0.1) is 0 Å². The minimum absolute atomic E-state index is 0.186. The highest BCUT2D eigenvalue weighted by Crippen LogP contribution is 2.22. The van der Waals surface area contributed by atoms with Gasteiger partial charge in [0.15, 0.2) is 5.88 Å². The molecular formula is C10H18N2O2. The van der Waals surface area contributed by atoms with Gasteiger partial charge in [-0.2, -0.15) is 0 Å². The summed E-state index contributed by atoms with van der Waals surface area (Å²) in [6, 6.07) is 3.63. The Balaban J connectivity index is 2.76. The van der Waals surface area contributed by atoms with Crippen LogP contribution < -0.4 is 10.6 Å². The molecule has 1 atom stereocenters. The highest BCUT2D eigenvalue weighted by Gasteiger charge is 2.12. The fraction of sp³-hybridized carbons (Fsp3) is 0.600. The molecule has 0 amide bonds. The van der Waals surface area contributed by atoms with Gasteiger partial charge < -0.3 is 20.2 Å². The van der Waals surface area contributed by atoms with E-state index in [1.807, 2.05) is 6.07 Å². The molecule has 1 aromatic heterocycles. The topological polar surface area (TPSA) is 62.6 Å². The van der Waals surface area contributed by atoms with Gasteiger partial charge in [-0.1, -0.05) is 0 Å². The third-order valence-electron chi connectivity index (χ3n) is 2.24. The van der Waals surface area contributed by atoms with Crippen LogP contribution in [0.4, 0.5) is 5.88 Å². The summed E-state index contributed by atoms with van der Waals surface area (Å²) in [6.45, 7) is 6.09. The number of rotatable bonds is 5. The fourth-order valence-corrected chi connectivity index (χ4v) is 1.34. The predicted molar refractivity (Wildman–Crippen MR) is 56.3 cm³/mol. The lowest BCUT2D eigenvalue weighted by Crippen LogP contribution is -2.21. The average Bonchev–Trinajstić information content (AvgIpc) is 2.68. The zero-order valence-corrected chi connectivity index (χ0v) is 8.73. The highest BCUT2D eigenvalue weighted by atomic mass is 16.4. The van der Waals surface area contributed by atoms with Gasteiger partial charge in [-0.3, -0.25) is 0 Å². The molecule has 0 saturated heterocycles. The van der Waals surface area contributed by atoms with Crippen LogP contribution in [-0.4, -0.2) is 24.7 Å². The van der Waals surface area contributed by atoms with Gasteiger partial charge in [0, 0.05) is 25.7 Å². The van der Waals surface area contributed by atoms with Crippen molar-refractivity contribution in [3.05, 3.63) is 17.9 Å². The van der Waals surface area contributed by atoms with Gasteiger partial charge in [0.25, 0.3) is 0 Å². The van der Waals surface area contributed by atoms with E-state index in [1.165, 1.54) is 0 Å². The molecule has 0 spiro atoms. The van der Waals surface area contributed by atoms with Crippen molar-refractivity contribution in [1.29, 1.82) is 0 Å². The minimum atomic E-state index is -0.695. The van der Waals surface area contributed by atoms with E-state index >= 15 is 0 Å². The van der Waals surface area contributed by atoms with Crippen LogP contribution in [0.25, 0.3) is 0 Å². The number of furan rings is 1. The van der Waals surface area contributed by atoms with Gasteiger partial charge >= 0.3 is 0 Å². The predicted octanol–water partition coefficient (Wildman–Crippen LogP) is 1.12. The summed E-state index contributed by atoms with van der Waals surface area (Å²) in [7, 11) is 0. The molecule has 0 aliphatic carbocycles. The summed E-state index contributed by atoms with van der Waals surface area (Å²) >= 11 is 0. The largest absolute Gasteiger partial charge is 0.443 e. The van der Waals surface area contributed by atoms with E-state index in [0.717, 1.165) is 19.0 Å². The summed E-state index contributed by atoms with van der Waals surface area (Å²) in [5.41, 5.74) is 5.33. The Morgan fingerprint density at radius 3 is 2.57 bits per heavy atom. The van der Waals surface area contributed by atoms with Gasteiger partial charge in [0.2, 0.25) is 0 Å². The Bertz CT molecular complexity index is 269. The molecule has 0 aliphatic heterocycles. The molecule has 1 rings (SSSR count). The monoisotopic (exact) mass is 198 g/mol. The third kappa shape index (κ3) is 2.27. The molecule has 0 unspecified atom stereocenters. The molecule has 0 bridgehead atoms. The Kier molecular flexibility index (Phi) is 3.98. The lowest BCUT2D eigenvalue weighted by atomic mass is 10.3. The molecule has 1 heterocycles. The molecule has 1 aromatic rings. The smallest absolute Gasteiger partial charge is 0.195 e. The van der Waals surface area contributed by atoms with Crippen molar-refractivity contribution in [1.82, 2.24) is 0 Å². The van der Waals surface area contributed by atoms with Crippen LogP contribution in [0.2, 0.25) is 0 Å². The summed E-state index contributed by atoms with van der Waals surface area (Å²) in [6.07, 6.45) is -0.695. The van der Waals surface area contributed by atoms with Crippen LogP contribution in [0.1, 0.15) is 25.7 Å². The molecule has 80 valence electrons. The number of nitrogens with zero attached hydrogens (tertiary/aromatic N) is 1. The summed E-state index contributed by atoms with van der Waals surface area (Å²) in [5, 5.41) is 9.43. The SMILES string of the molecule is CCN(CC)c1ccc([C@H](O)CN)o1. The molecular weight excluding hydrogens is 180 g/mol. The first-order valence-electron chi connectivity index (χ1n) is 4.95. The quantitative estimate of drug-likeness (QED) is 0.744. The second-order valence-electron chi connectivity index (χ2n) is 3.10. The van der Waals surface area contributed by atoms with E-state index in [0.29, 0.717) is 5.76 Å². The second kappa shape index (κ2) is 5.02. The standard InChI is InChI=1S/C10H18N2O2/c1-3-12(4-2)10-6-5-9(14-10)8(13)7-11/h5-6,8,13H,3-4,7,11H2,1-2H3/t8-/m1/s1. The van der Waals surface area contributed by atoms with Crippen LogP contribution in [0.15, 0.2) is 16.5 Å². The molecule has 0 aromatic carbocycles.